The zero-order valence-electron chi connectivity index (χ0n) is 13.9. The third kappa shape index (κ3) is 4.17. The molecule has 1 unspecified atom stereocenters. The molecule has 1 heterocycles. The van der Waals surface area contributed by atoms with Gasteiger partial charge in [-0.05, 0) is 25.0 Å². The van der Waals surface area contributed by atoms with Crippen molar-refractivity contribution < 1.29 is 9.59 Å². The normalized spacial score (nSPS) is 23.3. The number of para-hydroxylation sites is 1. The van der Waals surface area contributed by atoms with Gasteiger partial charge in [-0.15, -0.1) is 0 Å². The predicted octanol–water partition coefficient (Wildman–Crippen LogP) is 2.96. The second-order valence-electron chi connectivity index (χ2n) is 6.31. The van der Waals surface area contributed by atoms with Crippen molar-refractivity contribution in [3.8, 4) is 0 Å². The van der Waals surface area contributed by atoms with E-state index < -0.39 is 0 Å². The summed E-state index contributed by atoms with van der Waals surface area (Å²) in [4.78, 5) is 30.8. The SMILES string of the molecule is CN(C(=O)CC1SC(=NC2CCCCC2)NC1=O)c1ccccc1. The van der Waals surface area contributed by atoms with Gasteiger partial charge in [0.2, 0.25) is 11.8 Å². The number of benzene rings is 1. The fourth-order valence-corrected chi connectivity index (χ4v) is 4.10. The highest BCUT2D eigenvalue weighted by Gasteiger charge is 2.33. The highest BCUT2D eigenvalue weighted by atomic mass is 32.2. The Labute approximate surface area is 146 Å². The van der Waals surface area contributed by atoms with E-state index in [1.165, 1.54) is 31.0 Å². The molecule has 1 saturated carbocycles. The minimum absolute atomic E-state index is 0.0623. The standard InChI is InChI=1S/C18H23N3O2S/c1-21(14-10-6-3-7-11-14)16(22)12-15-17(23)20-18(24-15)19-13-8-4-2-5-9-13/h3,6-7,10-11,13,15H,2,4-5,8-9,12H2,1H3,(H,19,20,23). The molecule has 3 rings (SSSR count). The quantitative estimate of drug-likeness (QED) is 0.912. The number of carbonyl (C=O) groups is 2. The van der Waals surface area contributed by atoms with Crippen LogP contribution in [0.3, 0.4) is 0 Å². The number of nitrogens with zero attached hydrogens (tertiary/aromatic N) is 2. The van der Waals surface area contributed by atoms with Gasteiger partial charge in [0.05, 0.1) is 6.04 Å². The number of anilines is 1. The molecule has 0 bridgehead atoms. The molecule has 1 atom stereocenters. The fraction of sp³-hybridized carbons (Fsp3) is 0.500. The molecular weight excluding hydrogens is 322 g/mol. The van der Waals surface area contributed by atoms with Crippen LogP contribution in [0.25, 0.3) is 0 Å². The first kappa shape index (κ1) is 17.0. The lowest BCUT2D eigenvalue weighted by Crippen LogP contribution is -2.32. The van der Waals surface area contributed by atoms with E-state index in [4.69, 9.17) is 0 Å². The number of hydrogen-bond acceptors (Lipinski definition) is 4. The van der Waals surface area contributed by atoms with Gasteiger partial charge < -0.3 is 10.2 Å². The predicted molar refractivity (Wildman–Crippen MR) is 98.3 cm³/mol. The molecule has 0 spiro atoms. The Bertz CT molecular complexity index is 626. The Morgan fingerprint density at radius 1 is 1.25 bits per heavy atom. The van der Waals surface area contributed by atoms with E-state index in [0.29, 0.717) is 11.2 Å². The molecule has 1 aromatic rings. The van der Waals surface area contributed by atoms with Gasteiger partial charge in [0, 0.05) is 19.2 Å². The van der Waals surface area contributed by atoms with Crippen LogP contribution in [0.2, 0.25) is 0 Å². The average molecular weight is 345 g/mol. The molecule has 2 amide bonds. The summed E-state index contributed by atoms with van der Waals surface area (Å²) in [6.45, 7) is 0. The fourth-order valence-electron chi connectivity index (χ4n) is 3.07. The van der Waals surface area contributed by atoms with E-state index in [9.17, 15) is 9.59 Å². The minimum atomic E-state index is -0.383. The number of carbonyl (C=O) groups excluding carboxylic acids is 2. The van der Waals surface area contributed by atoms with Gasteiger partial charge in [0.1, 0.15) is 5.25 Å². The summed E-state index contributed by atoms with van der Waals surface area (Å²) in [5, 5.41) is 3.14. The monoisotopic (exact) mass is 345 g/mol. The van der Waals surface area contributed by atoms with Crippen LogP contribution in [-0.2, 0) is 9.59 Å². The van der Waals surface area contributed by atoms with Gasteiger partial charge in [-0.25, -0.2) is 0 Å². The van der Waals surface area contributed by atoms with E-state index in [1.54, 1.807) is 11.9 Å². The van der Waals surface area contributed by atoms with Gasteiger partial charge in [0.25, 0.3) is 0 Å². The summed E-state index contributed by atoms with van der Waals surface area (Å²) >= 11 is 1.40. The van der Waals surface area contributed by atoms with Crippen LogP contribution in [0.1, 0.15) is 38.5 Å². The molecule has 6 heteroatoms. The van der Waals surface area contributed by atoms with Crippen LogP contribution in [0.5, 0.6) is 0 Å². The Hall–Kier alpha value is -1.82. The maximum Gasteiger partial charge on any atom is 0.240 e. The summed E-state index contributed by atoms with van der Waals surface area (Å²) in [5.74, 6) is -0.169. The zero-order valence-corrected chi connectivity index (χ0v) is 14.7. The Kier molecular flexibility index (Phi) is 5.56. The van der Waals surface area contributed by atoms with Crippen LogP contribution >= 0.6 is 11.8 Å². The average Bonchev–Trinajstić information content (AvgIpc) is 2.95. The first-order chi connectivity index (χ1) is 11.6. The molecule has 0 radical (unpaired) electrons. The van der Waals surface area contributed by atoms with Crippen LogP contribution < -0.4 is 10.2 Å². The van der Waals surface area contributed by atoms with E-state index >= 15 is 0 Å². The first-order valence-electron chi connectivity index (χ1n) is 8.50. The maximum absolute atomic E-state index is 12.4. The molecular formula is C18H23N3O2S. The minimum Gasteiger partial charge on any atom is -0.315 e. The van der Waals surface area contributed by atoms with Gasteiger partial charge in [-0.3, -0.25) is 14.6 Å². The van der Waals surface area contributed by atoms with Gasteiger partial charge >= 0.3 is 0 Å². The molecule has 1 aliphatic heterocycles. The third-order valence-corrected chi connectivity index (χ3v) is 5.62. The molecule has 2 fully saturated rings. The Balaban J connectivity index is 1.58. The van der Waals surface area contributed by atoms with Crippen molar-refractivity contribution in [1.82, 2.24) is 5.32 Å². The third-order valence-electron chi connectivity index (χ3n) is 4.53. The van der Waals surface area contributed by atoms with Crippen molar-refractivity contribution in [2.45, 2.75) is 49.8 Å². The molecule has 128 valence electrons. The van der Waals surface area contributed by atoms with Crippen molar-refractivity contribution in [3.63, 3.8) is 0 Å². The molecule has 1 N–H and O–H groups in total. The summed E-state index contributed by atoms with van der Waals surface area (Å²) in [5.41, 5.74) is 0.835. The molecule has 1 aromatic carbocycles. The van der Waals surface area contributed by atoms with Crippen molar-refractivity contribution in [2.24, 2.45) is 4.99 Å². The number of amidine groups is 1. The smallest absolute Gasteiger partial charge is 0.240 e. The second kappa shape index (κ2) is 7.83. The van der Waals surface area contributed by atoms with Crippen molar-refractivity contribution in [2.75, 3.05) is 11.9 Å². The van der Waals surface area contributed by atoms with E-state index in [2.05, 4.69) is 10.3 Å². The van der Waals surface area contributed by atoms with Crippen LogP contribution in [0.4, 0.5) is 5.69 Å². The van der Waals surface area contributed by atoms with Crippen molar-refractivity contribution in [3.05, 3.63) is 30.3 Å². The van der Waals surface area contributed by atoms with Crippen molar-refractivity contribution in [1.29, 1.82) is 0 Å². The van der Waals surface area contributed by atoms with E-state index in [0.717, 1.165) is 18.5 Å². The topological polar surface area (TPSA) is 61.8 Å². The lowest BCUT2D eigenvalue weighted by atomic mass is 9.96. The number of amides is 2. The van der Waals surface area contributed by atoms with Crippen LogP contribution in [0, 0.1) is 0 Å². The first-order valence-corrected chi connectivity index (χ1v) is 9.38. The highest BCUT2D eigenvalue weighted by molar-refractivity contribution is 8.15. The molecule has 1 aliphatic carbocycles. The zero-order chi connectivity index (χ0) is 16.9. The lowest BCUT2D eigenvalue weighted by molar-refractivity contribution is -0.123. The number of aliphatic imine (C=N–C) groups is 1. The highest BCUT2D eigenvalue weighted by Crippen LogP contribution is 2.27. The summed E-state index contributed by atoms with van der Waals surface area (Å²) in [6.07, 6.45) is 6.09. The Morgan fingerprint density at radius 3 is 2.67 bits per heavy atom. The number of rotatable bonds is 4. The second-order valence-corrected chi connectivity index (χ2v) is 7.51. The van der Waals surface area contributed by atoms with E-state index in [-0.39, 0.29) is 23.5 Å². The largest absolute Gasteiger partial charge is 0.315 e. The molecule has 24 heavy (non-hydrogen) atoms. The number of nitrogens with one attached hydrogen (secondary N) is 1. The summed E-state index contributed by atoms with van der Waals surface area (Å²) in [6, 6.07) is 9.79. The maximum atomic E-state index is 12.4. The summed E-state index contributed by atoms with van der Waals surface area (Å²) < 4.78 is 0. The van der Waals surface area contributed by atoms with Crippen LogP contribution in [-0.4, -0.2) is 35.3 Å². The summed E-state index contributed by atoms with van der Waals surface area (Å²) in [7, 11) is 1.74. The van der Waals surface area contributed by atoms with Crippen molar-refractivity contribution >= 4 is 34.4 Å². The molecule has 2 aliphatic rings. The Morgan fingerprint density at radius 2 is 1.96 bits per heavy atom. The lowest BCUT2D eigenvalue weighted by Gasteiger charge is -2.18. The number of hydrogen-bond donors (Lipinski definition) is 1. The van der Waals surface area contributed by atoms with Gasteiger partial charge in [-0.2, -0.15) is 0 Å². The van der Waals surface area contributed by atoms with E-state index in [1.807, 2.05) is 30.3 Å². The van der Waals surface area contributed by atoms with Gasteiger partial charge in [0.15, 0.2) is 5.17 Å². The number of thioether (sulfide) groups is 1. The molecule has 1 saturated heterocycles. The molecule has 0 aromatic heterocycles. The van der Waals surface area contributed by atoms with Crippen LogP contribution in [0.15, 0.2) is 35.3 Å². The van der Waals surface area contributed by atoms with Gasteiger partial charge in [-0.1, -0.05) is 49.2 Å². The molecule has 5 nitrogen and oxygen atoms in total.